The van der Waals surface area contributed by atoms with Crippen LogP contribution in [0.3, 0.4) is 0 Å². The minimum absolute atomic E-state index is 0.272. The maximum atomic E-state index is 12.3. The fourth-order valence-electron chi connectivity index (χ4n) is 2.97. The predicted molar refractivity (Wildman–Crippen MR) is 86.0 cm³/mol. The standard InChI is InChI=1S/C17H27N3O/c1-4-18-15-7-9-19-16(11-15)12-20-10-8-14(13(2)3)5-6-17(20)21/h7,9,11,13-14H,4-6,8,10,12H2,1-3H3,(H,18,19). The highest BCUT2D eigenvalue weighted by Gasteiger charge is 2.24. The van der Waals surface area contributed by atoms with Gasteiger partial charge in [-0.1, -0.05) is 13.8 Å². The average molecular weight is 289 g/mol. The van der Waals surface area contributed by atoms with Crippen molar-refractivity contribution in [2.75, 3.05) is 18.4 Å². The molecular formula is C17H27N3O. The van der Waals surface area contributed by atoms with E-state index in [-0.39, 0.29) is 5.91 Å². The zero-order chi connectivity index (χ0) is 15.2. The lowest BCUT2D eigenvalue weighted by molar-refractivity contribution is -0.131. The monoisotopic (exact) mass is 289 g/mol. The van der Waals surface area contributed by atoms with E-state index >= 15 is 0 Å². The molecule has 1 aromatic rings. The summed E-state index contributed by atoms with van der Waals surface area (Å²) in [7, 11) is 0. The first-order valence-electron chi connectivity index (χ1n) is 8.06. The number of amides is 1. The highest BCUT2D eigenvalue weighted by molar-refractivity contribution is 5.76. The van der Waals surface area contributed by atoms with E-state index in [1.54, 1.807) is 0 Å². The van der Waals surface area contributed by atoms with Gasteiger partial charge in [-0.15, -0.1) is 0 Å². The summed E-state index contributed by atoms with van der Waals surface area (Å²) in [5, 5.41) is 3.29. The van der Waals surface area contributed by atoms with Gasteiger partial charge in [0, 0.05) is 31.4 Å². The van der Waals surface area contributed by atoms with Crippen LogP contribution in [-0.4, -0.2) is 28.9 Å². The minimum atomic E-state index is 0.272. The molecule has 1 fully saturated rings. The second-order valence-corrected chi connectivity index (χ2v) is 6.21. The van der Waals surface area contributed by atoms with Crippen LogP contribution in [0.2, 0.25) is 0 Å². The number of carbonyl (C=O) groups is 1. The highest BCUT2D eigenvalue weighted by Crippen LogP contribution is 2.25. The summed E-state index contributed by atoms with van der Waals surface area (Å²) in [6, 6.07) is 4.01. The normalized spacial score (nSPS) is 19.7. The van der Waals surface area contributed by atoms with Crippen molar-refractivity contribution in [2.24, 2.45) is 11.8 Å². The molecule has 2 rings (SSSR count). The van der Waals surface area contributed by atoms with Crippen LogP contribution in [0.5, 0.6) is 0 Å². The zero-order valence-electron chi connectivity index (χ0n) is 13.4. The molecule has 21 heavy (non-hydrogen) atoms. The molecule has 2 heterocycles. The predicted octanol–water partition coefficient (Wildman–Crippen LogP) is 3.30. The van der Waals surface area contributed by atoms with Crippen LogP contribution >= 0.6 is 0 Å². The van der Waals surface area contributed by atoms with Crippen molar-refractivity contribution in [3.63, 3.8) is 0 Å². The molecule has 0 spiro atoms. The molecule has 0 bridgehead atoms. The van der Waals surface area contributed by atoms with Crippen LogP contribution in [0.15, 0.2) is 18.3 Å². The number of carbonyl (C=O) groups excluding carboxylic acids is 1. The Kier molecular flexibility index (Phi) is 5.59. The number of hydrogen-bond acceptors (Lipinski definition) is 3. The Morgan fingerprint density at radius 1 is 1.43 bits per heavy atom. The van der Waals surface area contributed by atoms with Crippen LogP contribution in [0.25, 0.3) is 0 Å². The molecule has 1 aromatic heterocycles. The smallest absolute Gasteiger partial charge is 0.222 e. The van der Waals surface area contributed by atoms with Gasteiger partial charge in [-0.25, -0.2) is 0 Å². The molecule has 1 N–H and O–H groups in total. The number of hydrogen-bond donors (Lipinski definition) is 1. The van der Waals surface area contributed by atoms with Gasteiger partial charge >= 0.3 is 0 Å². The van der Waals surface area contributed by atoms with Gasteiger partial charge in [0.25, 0.3) is 0 Å². The highest BCUT2D eigenvalue weighted by atomic mass is 16.2. The maximum Gasteiger partial charge on any atom is 0.222 e. The molecular weight excluding hydrogens is 262 g/mol. The lowest BCUT2D eigenvalue weighted by Crippen LogP contribution is -2.30. The summed E-state index contributed by atoms with van der Waals surface area (Å²) in [5.74, 6) is 1.60. The van der Waals surface area contributed by atoms with Crippen molar-refractivity contribution in [3.8, 4) is 0 Å². The first-order chi connectivity index (χ1) is 10.1. The van der Waals surface area contributed by atoms with E-state index in [2.05, 4.69) is 31.1 Å². The van der Waals surface area contributed by atoms with Gasteiger partial charge in [0.15, 0.2) is 0 Å². The Morgan fingerprint density at radius 3 is 2.95 bits per heavy atom. The third kappa shape index (κ3) is 4.45. The Morgan fingerprint density at radius 2 is 2.24 bits per heavy atom. The molecule has 0 aliphatic carbocycles. The van der Waals surface area contributed by atoms with Crippen LogP contribution in [0, 0.1) is 11.8 Å². The molecule has 1 aliphatic heterocycles. The summed E-state index contributed by atoms with van der Waals surface area (Å²) in [6.07, 6.45) is 4.62. The second-order valence-electron chi connectivity index (χ2n) is 6.21. The third-order valence-electron chi connectivity index (χ3n) is 4.34. The first-order valence-corrected chi connectivity index (χ1v) is 8.06. The van der Waals surface area contributed by atoms with Crippen LogP contribution in [0.1, 0.15) is 45.7 Å². The van der Waals surface area contributed by atoms with Gasteiger partial charge in [-0.05, 0) is 43.7 Å². The van der Waals surface area contributed by atoms with E-state index in [1.807, 2.05) is 23.2 Å². The fourth-order valence-corrected chi connectivity index (χ4v) is 2.97. The zero-order valence-corrected chi connectivity index (χ0v) is 13.4. The Balaban J connectivity index is 2.01. The van der Waals surface area contributed by atoms with Crippen LogP contribution in [-0.2, 0) is 11.3 Å². The SMILES string of the molecule is CCNc1ccnc(CN2CCC(C(C)C)CCC2=O)c1. The van der Waals surface area contributed by atoms with Crippen molar-refractivity contribution in [1.29, 1.82) is 0 Å². The molecule has 0 saturated carbocycles. The topological polar surface area (TPSA) is 45.2 Å². The van der Waals surface area contributed by atoms with Gasteiger partial charge in [0.1, 0.15) is 0 Å². The first kappa shape index (κ1) is 15.8. The molecule has 4 nitrogen and oxygen atoms in total. The largest absolute Gasteiger partial charge is 0.385 e. The van der Waals surface area contributed by atoms with Gasteiger partial charge in [-0.3, -0.25) is 9.78 Å². The van der Waals surface area contributed by atoms with Crippen molar-refractivity contribution < 1.29 is 4.79 Å². The van der Waals surface area contributed by atoms with Crippen molar-refractivity contribution >= 4 is 11.6 Å². The second kappa shape index (κ2) is 7.43. The summed E-state index contributed by atoms with van der Waals surface area (Å²) in [4.78, 5) is 18.7. The van der Waals surface area contributed by atoms with Crippen LogP contribution < -0.4 is 5.32 Å². The molecule has 1 saturated heterocycles. The van der Waals surface area contributed by atoms with E-state index in [0.717, 1.165) is 37.3 Å². The van der Waals surface area contributed by atoms with Crippen molar-refractivity contribution in [1.82, 2.24) is 9.88 Å². The molecule has 0 radical (unpaired) electrons. The van der Waals surface area contributed by atoms with Crippen molar-refractivity contribution in [2.45, 2.75) is 46.6 Å². The lowest BCUT2D eigenvalue weighted by atomic mass is 9.89. The maximum absolute atomic E-state index is 12.3. The molecule has 4 heteroatoms. The third-order valence-corrected chi connectivity index (χ3v) is 4.34. The Bertz CT molecular complexity index is 473. The number of aromatic nitrogens is 1. The quantitative estimate of drug-likeness (QED) is 0.904. The number of pyridine rings is 1. The van der Waals surface area contributed by atoms with E-state index < -0.39 is 0 Å². The lowest BCUT2D eigenvalue weighted by Gasteiger charge is -2.21. The summed E-state index contributed by atoms with van der Waals surface area (Å²) in [6.45, 7) is 8.96. The molecule has 1 aliphatic rings. The number of nitrogens with one attached hydrogen (secondary N) is 1. The van der Waals surface area contributed by atoms with Gasteiger partial charge in [0.05, 0.1) is 12.2 Å². The van der Waals surface area contributed by atoms with Gasteiger partial charge < -0.3 is 10.2 Å². The number of anilines is 1. The van der Waals surface area contributed by atoms with Crippen LogP contribution in [0.4, 0.5) is 5.69 Å². The average Bonchev–Trinajstić information content (AvgIpc) is 2.63. The molecule has 116 valence electrons. The summed E-state index contributed by atoms with van der Waals surface area (Å²) < 4.78 is 0. The molecule has 1 unspecified atom stereocenters. The van der Waals surface area contributed by atoms with E-state index in [1.165, 1.54) is 0 Å². The number of rotatable bonds is 5. The summed E-state index contributed by atoms with van der Waals surface area (Å²) in [5.41, 5.74) is 2.04. The molecule has 1 amide bonds. The van der Waals surface area contributed by atoms with E-state index in [9.17, 15) is 4.79 Å². The Hall–Kier alpha value is -1.58. The van der Waals surface area contributed by atoms with E-state index in [0.29, 0.717) is 24.8 Å². The number of likely N-dealkylation sites (tertiary alicyclic amines) is 1. The van der Waals surface area contributed by atoms with Gasteiger partial charge in [0.2, 0.25) is 5.91 Å². The minimum Gasteiger partial charge on any atom is -0.385 e. The molecule has 1 atom stereocenters. The van der Waals surface area contributed by atoms with Crippen molar-refractivity contribution in [3.05, 3.63) is 24.0 Å². The summed E-state index contributed by atoms with van der Waals surface area (Å²) >= 11 is 0. The Labute approximate surface area is 127 Å². The molecule has 0 aromatic carbocycles. The number of nitrogens with zero attached hydrogens (tertiary/aromatic N) is 2. The van der Waals surface area contributed by atoms with E-state index in [4.69, 9.17) is 0 Å². The van der Waals surface area contributed by atoms with Gasteiger partial charge in [-0.2, -0.15) is 0 Å². The fraction of sp³-hybridized carbons (Fsp3) is 0.647.